The average molecular weight is 171 g/mol. The Labute approximate surface area is 75.1 Å². The lowest BCUT2D eigenvalue weighted by molar-refractivity contribution is 0.0980. The fourth-order valence-corrected chi connectivity index (χ4v) is 2.03. The fraction of sp³-hybridized carbons (Fsp3) is 1.00. The Bertz CT molecular complexity index is 127. The smallest absolute Gasteiger partial charge is 0.0700 e. The number of nitrogens with two attached hydrogens (primary N) is 2. The van der Waals surface area contributed by atoms with Crippen molar-refractivity contribution in [3.63, 3.8) is 0 Å². The van der Waals surface area contributed by atoms with Crippen LogP contribution in [0.1, 0.15) is 32.6 Å². The highest BCUT2D eigenvalue weighted by Gasteiger charge is 2.24. The largest absolute Gasteiger partial charge is 0.328 e. The molecule has 1 saturated heterocycles. The molecule has 0 aliphatic carbocycles. The number of nitrogens with zero attached hydrogens (tertiary/aromatic N) is 1. The van der Waals surface area contributed by atoms with E-state index in [9.17, 15) is 0 Å². The summed E-state index contributed by atoms with van der Waals surface area (Å²) in [6.07, 6.45) is 5.21. The lowest BCUT2D eigenvalue weighted by atomic mass is 9.99. The molecule has 1 rings (SSSR count). The van der Waals surface area contributed by atoms with Crippen LogP contribution < -0.4 is 11.5 Å². The van der Waals surface area contributed by atoms with E-state index in [2.05, 4.69) is 11.8 Å². The molecule has 72 valence electrons. The second kappa shape index (κ2) is 4.80. The molecule has 4 N–H and O–H groups in total. The Morgan fingerprint density at radius 3 is 2.83 bits per heavy atom. The summed E-state index contributed by atoms with van der Waals surface area (Å²) in [6, 6.07) is 0.678. The van der Waals surface area contributed by atoms with E-state index in [1.807, 2.05) is 0 Å². The first-order chi connectivity index (χ1) is 5.79. The van der Waals surface area contributed by atoms with Crippen molar-refractivity contribution in [3.8, 4) is 0 Å². The van der Waals surface area contributed by atoms with Crippen molar-refractivity contribution in [2.75, 3.05) is 13.1 Å². The normalized spacial score (nSPS) is 28.8. The molecule has 0 spiro atoms. The van der Waals surface area contributed by atoms with Gasteiger partial charge in [0.05, 0.1) is 6.17 Å². The predicted molar refractivity (Wildman–Crippen MR) is 51.7 cm³/mol. The van der Waals surface area contributed by atoms with Gasteiger partial charge in [0.2, 0.25) is 0 Å². The molecule has 3 nitrogen and oxygen atoms in total. The first kappa shape index (κ1) is 9.96. The van der Waals surface area contributed by atoms with E-state index >= 15 is 0 Å². The van der Waals surface area contributed by atoms with Crippen molar-refractivity contribution >= 4 is 0 Å². The third-order valence-electron chi connectivity index (χ3n) is 2.81. The molecular formula is C9H21N3. The highest BCUT2D eigenvalue weighted by atomic mass is 15.3. The molecule has 1 aliphatic rings. The lowest BCUT2D eigenvalue weighted by Crippen LogP contribution is -2.53. The minimum Gasteiger partial charge on any atom is -0.328 e. The molecule has 2 atom stereocenters. The van der Waals surface area contributed by atoms with Gasteiger partial charge in [-0.15, -0.1) is 0 Å². The molecule has 0 saturated carbocycles. The number of hydrogen-bond acceptors (Lipinski definition) is 3. The van der Waals surface area contributed by atoms with E-state index in [-0.39, 0.29) is 6.17 Å². The van der Waals surface area contributed by atoms with E-state index in [0.29, 0.717) is 12.6 Å². The zero-order valence-corrected chi connectivity index (χ0v) is 8.00. The molecule has 1 heterocycles. The zero-order valence-electron chi connectivity index (χ0n) is 8.00. The summed E-state index contributed by atoms with van der Waals surface area (Å²) in [5, 5.41) is 0. The Balaban J connectivity index is 2.46. The van der Waals surface area contributed by atoms with Gasteiger partial charge >= 0.3 is 0 Å². The highest BCUT2D eigenvalue weighted by molar-refractivity contribution is 4.79. The first-order valence-electron chi connectivity index (χ1n) is 5.01. The number of hydrogen-bond donors (Lipinski definition) is 2. The van der Waals surface area contributed by atoms with Gasteiger partial charge in [0.25, 0.3) is 0 Å². The molecule has 12 heavy (non-hydrogen) atoms. The summed E-state index contributed by atoms with van der Waals surface area (Å²) in [5.41, 5.74) is 11.5. The Hall–Kier alpha value is -0.120. The number of rotatable bonds is 3. The van der Waals surface area contributed by atoms with E-state index in [0.717, 1.165) is 6.54 Å². The minimum absolute atomic E-state index is 0.0789. The van der Waals surface area contributed by atoms with Gasteiger partial charge in [-0.25, -0.2) is 0 Å². The van der Waals surface area contributed by atoms with Crippen molar-refractivity contribution in [2.24, 2.45) is 11.5 Å². The molecule has 1 fully saturated rings. The highest BCUT2D eigenvalue weighted by Crippen LogP contribution is 2.19. The monoisotopic (exact) mass is 171 g/mol. The zero-order chi connectivity index (χ0) is 8.97. The van der Waals surface area contributed by atoms with E-state index in [1.54, 1.807) is 0 Å². The van der Waals surface area contributed by atoms with Gasteiger partial charge in [-0.2, -0.15) is 0 Å². The third kappa shape index (κ3) is 2.19. The summed E-state index contributed by atoms with van der Waals surface area (Å²) in [7, 11) is 0. The van der Waals surface area contributed by atoms with Gasteiger partial charge in [-0.1, -0.05) is 13.3 Å². The Morgan fingerprint density at radius 2 is 2.25 bits per heavy atom. The topological polar surface area (TPSA) is 55.3 Å². The van der Waals surface area contributed by atoms with Crippen LogP contribution in [0.5, 0.6) is 0 Å². The maximum absolute atomic E-state index is 5.91. The van der Waals surface area contributed by atoms with Crippen LogP contribution >= 0.6 is 0 Å². The average Bonchev–Trinajstić information content (AvgIpc) is 2.16. The molecule has 0 aromatic rings. The molecule has 0 aromatic carbocycles. The molecule has 0 radical (unpaired) electrons. The summed E-state index contributed by atoms with van der Waals surface area (Å²) in [5.74, 6) is 0. The molecular weight excluding hydrogens is 150 g/mol. The van der Waals surface area contributed by atoms with Crippen molar-refractivity contribution in [2.45, 2.75) is 44.8 Å². The predicted octanol–water partition coefficient (Wildman–Crippen LogP) is 0.494. The van der Waals surface area contributed by atoms with Gasteiger partial charge in [0.15, 0.2) is 0 Å². The number of piperidine rings is 1. The quantitative estimate of drug-likeness (QED) is 0.650. The van der Waals surface area contributed by atoms with Gasteiger partial charge < -0.3 is 11.5 Å². The van der Waals surface area contributed by atoms with Crippen LogP contribution in [0.3, 0.4) is 0 Å². The molecule has 1 aliphatic heterocycles. The summed E-state index contributed by atoms with van der Waals surface area (Å²) >= 11 is 0. The Morgan fingerprint density at radius 1 is 1.50 bits per heavy atom. The maximum Gasteiger partial charge on any atom is 0.0700 e. The Kier molecular flexibility index (Phi) is 3.98. The second-order valence-electron chi connectivity index (χ2n) is 3.60. The van der Waals surface area contributed by atoms with E-state index in [1.165, 1.54) is 25.7 Å². The van der Waals surface area contributed by atoms with Crippen LogP contribution in [0.4, 0.5) is 0 Å². The van der Waals surface area contributed by atoms with Crippen LogP contribution in [0.25, 0.3) is 0 Å². The minimum atomic E-state index is 0.0789. The van der Waals surface area contributed by atoms with Gasteiger partial charge in [0, 0.05) is 12.6 Å². The second-order valence-corrected chi connectivity index (χ2v) is 3.60. The summed E-state index contributed by atoms with van der Waals surface area (Å²) in [6.45, 7) is 3.94. The van der Waals surface area contributed by atoms with Crippen molar-refractivity contribution in [3.05, 3.63) is 0 Å². The van der Waals surface area contributed by atoms with E-state index < -0.39 is 0 Å². The van der Waals surface area contributed by atoms with E-state index in [4.69, 9.17) is 11.5 Å². The maximum atomic E-state index is 5.91. The van der Waals surface area contributed by atoms with Crippen molar-refractivity contribution in [1.82, 2.24) is 4.90 Å². The van der Waals surface area contributed by atoms with Crippen molar-refractivity contribution < 1.29 is 0 Å². The summed E-state index contributed by atoms with van der Waals surface area (Å²) in [4.78, 5) is 2.36. The van der Waals surface area contributed by atoms with Gasteiger partial charge in [-0.3, -0.25) is 4.90 Å². The van der Waals surface area contributed by atoms with Gasteiger partial charge in [0.1, 0.15) is 0 Å². The lowest BCUT2D eigenvalue weighted by Gasteiger charge is -2.38. The fourth-order valence-electron chi connectivity index (χ4n) is 2.03. The molecule has 0 amide bonds. The van der Waals surface area contributed by atoms with Gasteiger partial charge in [-0.05, 0) is 25.8 Å². The van der Waals surface area contributed by atoms with Crippen molar-refractivity contribution in [1.29, 1.82) is 0 Å². The van der Waals surface area contributed by atoms with Crippen LogP contribution in [-0.2, 0) is 0 Å². The molecule has 0 aromatic heterocycles. The first-order valence-corrected chi connectivity index (χ1v) is 5.01. The third-order valence-corrected chi connectivity index (χ3v) is 2.81. The molecule has 3 heteroatoms. The molecule has 2 unspecified atom stereocenters. The number of likely N-dealkylation sites (tertiary alicyclic amines) is 1. The summed E-state index contributed by atoms with van der Waals surface area (Å²) < 4.78 is 0. The van der Waals surface area contributed by atoms with Crippen LogP contribution in [0.2, 0.25) is 0 Å². The van der Waals surface area contributed by atoms with Crippen LogP contribution in [-0.4, -0.2) is 30.2 Å². The van der Waals surface area contributed by atoms with Crippen LogP contribution in [0.15, 0.2) is 0 Å². The molecule has 0 bridgehead atoms. The van der Waals surface area contributed by atoms with Crippen LogP contribution in [0, 0.1) is 0 Å². The SMILES string of the molecule is CCC1CCCCN1C(N)CN. The standard InChI is InChI=1S/C9H21N3/c1-2-8-5-3-4-6-12(8)9(11)7-10/h8-9H,2-7,10-11H2,1H3.